The Hall–Kier alpha value is -2.76. The van der Waals surface area contributed by atoms with Gasteiger partial charge in [0.15, 0.2) is 17.3 Å². The van der Waals surface area contributed by atoms with Crippen LogP contribution >= 0.6 is 0 Å². The lowest BCUT2D eigenvalue weighted by Crippen LogP contribution is -2.18. The first kappa shape index (κ1) is 17.1. The number of fused-ring (bicyclic) bond motifs is 1. The highest BCUT2D eigenvalue weighted by molar-refractivity contribution is 6.19. The number of carbonyl (C=O) groups is 1. The molecule has 0 fully saturated rings. The molecule has 0 saturated carbocycles. The average molecular weight is 338 g/mol. The summed E-state index contributed by atoms with van der Waals surface area (Å²) >= 11 is 0. The Bertz CT molecular complexity index is 885. The third-order valence-corrected chi connectivity index (χ3v) is 4.09. The van der Waals surface area contributed by atoms with Crippen molar-refractivity contribution in [2.45, 2.75) is 46.1 Å². The number of Topliss-reactive ketones (excluding diaryl/α,β-unsaturated/α-hetero) is 1. The molecule has 0 amide bonds. The van der Waals surface area contributed by atoms with Crippen LogP contribution in [0.25, 0.3) is 5.76 Å². The fourth-order valence-corrected chi connectivity index (χ4v) is 2.88. The van der Waals surface area contributed by atoms with Crippen molar-refractivity contribution in [1.82, 2.24) is 9.78 Å². The van der Waals surface area contributed by atoms with Gasteiger partial charge in [-0.3, -0.25) is 9.48 Å². The number of benzene rings is 1. The molecule has 0 radical (unpaired) electrons. The number of hydrogen-bond acceptors (Lipinski definition) is 5. The third-order valence-electron chi connectivity index (χ3n) is 4.09. The van der Waals surface area contributed by atoms with Crippen molar-refractivity contribution >= 4 is 17.4 Å². The van der Waals surface area contributed by atoms with Gasteiger partial charge in [-0.1, -0.05) is 52.0 Å². The van der Waals surface area contributed by atoms with Gasteiger partial charge in [-0.05, 0) is 6.42 Å². The van der Waals surface area contributed by atoms with Gasteiger partial charge in [-0.2, -0.15) is 5.10 Å². The molecule has 1 aromatic heterocycles. The first-order valence-corrected chi connectivity index (χ1v) is 8.40. The molecule has 2 aromatic rings. The predicted octanol–water partition coefficient (Wildman–Crippen LogP) is 4.80. The largest absolute Gasteiger partial charge is 0.505 e. The molecule has 1 aliphatic carbocycles. The molecule has 1 aromatic carbocycles. The molecule has 1 heterocycles. The summed E-state index contributed by atoms with van der Waals surface area (Å²) in [5.74, 6) is -0.0169. The maximum Gasteiger partial charge on any atom is 0.217 e. The van der Waals surface area contributed by atoms with Crippen molar-refractivity contribution in [3.05, 3.63) is 52.8 Å². The number of ketones is 1. The van der Waals surface area contributed by atoms with E-state index >= 15 is 0 Å². The number of azo groups is 1. The highest BCUT2D eigenvalue weighted by Gasteiger charge is 2.29. The van der Waals surface area contributed by atoms with Crippen molar-refractivity contribution in [3.8, 4) is 0 Å². The maximum atomic E-state index is 12.4. The van der Waals surface area contributed by atoms with Crippen LogP contribution in [0.4, 0.5) is 5.82 Å². The first-order chi connectivity index (χ1) is 11.8. The zero-order valence-corrected chi connectivity index (χ0v) is 14.9. The van der Waals surface area contributed by atoms with Crippen molar-refractivity contribution in [2.75, 3.05) is 0 Å². The maximum absolute atomic E-state index is 12.4. The van der Waals surface area contributed by atoms with Crippen LogP contribution in [-0.2, 0) is 12.0 Å². The summed E-state index contributed by atoms with van der Waals surface area (Å²) in [6, 6.07) is 8.77. The van der Waals surface area contributed by atoms with Gasteiger partial charge in [0.25, 0.3) is 0 Å². The van der Waals surface area contributed by atoms with E-state index in [1.54, 1.807) is 24.3 Å². The van der Waals surface area contributed by atoms with Crippen LogP contribution in [0.3, 0.4) is 0 Å². The van der Waals surface area contributed by atoms with Crippen LogP contribution in [0.1, 0.15) is 55.7 Å². The molecular formula is C19H22N4O2. The predicted molar refractivity (Wildman–Crippen MR) is 96.1 cm³/mol. The fraction of sp³-hybridized carbons (Fsp3) is 0.368. The molecule has 0 atom stereocenters. The Balaban J connectivity index is 1.93. The highest BCUT2D eigenvalue weighted by Crippen LogP contribution is 2.32. The van der Waals surface area contributed by atoms with Crippen molar-refractivity contribution in [1.29, 1.82) is 0 Å². The zero-order valence-electron chi connectivity index (χ0n) is 14.9. The van der Waals surface area contributed by atoms with E-state index in [2.05, 4.69) is 43.0 Å². The van der Waals surface area contributed by atoms with E-state index in [9.17, 15) is 9.90 Å². The second kappa shape index (κ2) is 6.27. The smallest absolute Gasteiger partial charge is 0.217 e. The van der Waals surface area contributed by atoms with E-state index in [-0.39, 0.29) is 22.7 Å². The molecule has 25 heavy (non-hydrogen) atoms. The number of nitrogens with zero attached hydrogens (tertiary/aromatic N) is 4. The van der Waals surface area contributed by atoms with E-state index in [4.69, 9.17) is 0 Å². The van der Waals surface area contributed by atoms with Crippen molar-refractivity contribution in [3.63, 3.8) is 0 Å². The summed E-state index contributed by atoms with van der Waals surface area (Å²) in [5, 5.41) is 22.8. The van der Waals surface area contributed by atoms with E-state index in [1.807, 2.05) is 10.7 Å². The molecule has 6 heteroatoms. The van der Waals surface area contributed by atoms with E-state index in [0.29, 0.717) is 16.9 Å². The lowest BCUT2D eigenvalue weighted by molar-refractivity contribution is 0.103. The number of carbonyl (C=O) groups excluding carboxylic acids is 1. The van der Waals surface area contributed by atoms with Gasteiger partial charge in [0.1, 0.15) is 0 Å². The Morgan fingerprint density at radius 1 is 1.16 bits per heavy atom. The Morgan fingerprint density at radius 2 is 1.84 bits per heavy atom. The third kappa shape index (κ3) is 3.12. The van der Waals surface area contributed by atoms with Crippen molar-refractivity contribution < 1.29 is 9.90 Å². The quantitative estimate of drug-likeness (QED) is 0.813. The topological polar surface area (TPSA) is 79.8 Å². The number of hydrogen-bond donors (Lipinski definition) is 1. The molecule has 0 unspecified atom stereocenters. The summed E-state index contributed by atoms with van der Waals surface area (Å²) in [7, 11) is 0. The highest BCUT2D eigenvalue weighted by atomic mass is 16.3. The molecule has 0 bridgehead atoms. The van der Waals surface area contributed by atoms with Gasteiger partial charge in [-0.25, -0.2) is 0 Å². The minimum absolute atomic E-state index is 0.0384. The second-order valence-electron chi connectivity index (χ2n) is 7.13. The lowest BCUT2D eigenvalue weighted by Gasteiger charge is -2.19. The molecule has 1 aliphatic rings. The van der Waals surface area contributed by atoms with Gasteiger partial charge in [0.2, 0.25) is 5.78 Å². The van der Waals surface area contributed by atoms with Crippen LogP contribution in [0, 0.1) is 0 Å². The zero-order chi connectivity index (χ0) is 18.2. The number of aliphatic hydroxyl groups is 1. The van der Waals surface area contributed by atoms with Crippen LogP contribution in [0.2, 0.25) is 0 Å². The van der Waals surface area contributed by atoms with Crippen LogP contribution in [0.5, 0.6) is 0 Å². The summed E-state index contributed by atoms with van der Waals surface area (Å²) in [5.41, 5.74) is 1.89. The summed E-state index contributed by atoms with van der Waals surface area (Å²) < 4.78 is 1.92. The monoisotopic (exact) mass is 338 g/mol. The Kier molecular flexibility index (Phi) is 4.29. The van der Waals surface area contributed by atoms with Crippen molar-refractivity contribution in [2.24, 2.45) is 10.2 Å². The first-order valence-electron chi connectivity index (χ1n) is 8.40. The molecule has 0 spiro atoms. The normalized spacial score (nSPS) is 14.6. The number of aromatic nitrogens is 2. The number of rotatable bonds is 4. The molecular weight excluding hydrogens is 316 g/mol. The van der Waals surface area contributed by atoms with Crippen LogP contribution in [-0.4, -0.2) is 20.7 Å². The van der Waals surface area contributed by atoms with Gasteiger partial charge < -0.3 is 5.11 Å². The van der Waals surface area contributed by atoms with E-state index < -0.39 is 0 Å². The molecule has 130 valence electrons. The van der Waals surface area contributed by atoms with Crippen LogP contribution < -0.4 is 0 Å². The molecule has 0 aliphatic heterocycles. The Labute approximate surface area is 146 Å². The molecule has 6 nitrogen and oxygen atoms in total. The minimum atomic E-state index is -0.319. The van der Waals surface area contributed by atoms with Crippen LogP contribution in [0.15, 0.2) is 46.3 Å². The lowest BCUT2D eigenvalue weighted by atomic mass is 9.92. The summed E-state index contributed by atoms with van der Waals surface area (Å²) in [6.07, 6.45) is 0.959. The summed E-state index contributed by atoms with van der Waals surface area (Å²) in [6.45, 7) is 9.22. The standard InChI is InChI=1S/C19H22N4O2/c1-5-10-23-14(19(2,3)4)11-15(22-23)20-21-16-17(24)12-8-6-7-9-13(12)18(16)25/h6-9,11,24H,5,10H2,1-4H3. The second-order valence-corrected chi connectivity index (χ2v) is 7.13. The van der Waals surface area contributed by atoms with Gasteiger partial charge in [0, 0.05) is 34.8 Å². The van der Waals surface area contributed by atoms with Gasteiger partial charge >= 0.3 is 0 Å². The molecule has 1 N–H and O–H groups in total. The van der Waals surface area contributed by atoms with Gasteiger partial charge in [-0.15, -0.1) is 10.2 Å². The number of aryl methyl sites for hydroxylation is 1. The Morgan fingerprint density at radius 3 is 2.44 bits per heavy atom. The molecule has 3 rings (SSSR count). The average Bonchev–Trinajstić information content (AvgIpc) is 3.07. The summed E-state index contributed by atoms with van der Waals surface area (Å²) in [4.78, 5) is 12.4. The minimum Gasteiger partial charge on any atom is -0.505 e. The SMILES string of the molecule is CCCn1nc(N=NC2=C(O)c3ccccc3C2=O)cc1C(C)(C)C. The van der Waals surface area contributed by atoms with Gasteiger partial charge in [0.05, 0.1) is 0 Å². The fourth-order valence-electron chi connectivity index (χ4n) is 2.88. The number of aliphatic hydroxyl groups excluding tert-OH is 1. The van der Waals surface area contributed by atoms with E-state index in [0.717, 1.165) is 18.7 Å². The van der Waals surface area contributed by atoms with E-state index in [1.165, 1.54) is 0 Å². The molecule has 0 saturated heterocycles. The number of allylic oxidation sites excluding steroid dienone is 1.